The topological polar surface area (TPSA) is 63.7 Å². The van der Waals surface area contributed by atoms with E-state index in [-0.39, 0.29) is 29.4 Å². The van der Waals surface area contributed by atoms with Crippen molar-refractivity contribution in [3.05, 3.63) is 82.0 Å². The van der Waals surface area contributed by atoms with Crippen LogP contribution in [0.1, 0.15) is 38.9 Å². The summed E-state index contributed by atoms with van der Waals surface area (Å²) >= 11 is 3.06. The first-order valence-electron chi connectivity index (χ1n) is 9.95. The Hall–Kier alpha value is -2.90. The maximum atomic E-state index is 12.9. The van der Waals surface area contributed by atoms with Crippen LogP contribution in [0.2, 0.25) is 0 Å². The van der Waals surface area contributed by atoms with Gasteiger partial charge < -0.3 is 9.64 Å². The molecule has 0 fully saturated rings. The van der Waals surface area contributed by atoms with Crippen LogP contribution in [0.4, 0.5) is 5.69 Å². The van der Waals surface area contributed by atoms with Crippen LogP contribution in [0, 0.1) is 0 Å². The van der Waals surface area contributed by atoms with Gasteiger partial charge in [0, 0.05) is 22.3 Å². The van der Waals surface area contributed by atoms with Crippen molar-refractivity contribution >= 4 is 46.4 Å². The summed E-state index contributed by atoms with van der Waals surface area (Å²) in [6.45, 7) is 2.32. The van der Waals surface area contributed by atoms with Crippen molar-refractivity contribution in [2.24, 2.45) is 0 Å². The molecule has 0 spiro atoms. The van der Waals surface area contributed by atoms with Gasteiger partial charge in [0.2, 0.25) is 5.78 Å². The third-order valence-corrected chi connectivity index (χ3v) is 7.11. The van der Waals surface area contributed by atoms with Gasteiger partial charge in [-0.25, -0.2) is 4.79 Å². The van der Waals surface area contributed by atoms with Crippen molar-refractivity contribution in [1.29, 1.82) is 0 Å². The van der Waals surface area contributed by atoms with Crippen molar-refractivity contribution in [2.45, 2.75) is 23.5 Å². The van der Waals surface area contributed by atoms with Crippen molar-refractivity contribution in [3.63, 3.8) is 0 Å². The van der Waals surface area contributed by atoms with Crippen LogP contribution in [-0.4, -0.2) is 36.1 Å². The molecule has 1 atom stereocenters. The second-order valence-corrected chi connectivity index (χ2v) is 9.59. The van der Waals surface area contributed by atoms with Crippen molar-refractivity contribution in [2.75, 3.05) is 18.1 Å². The first kappa shape index (κ1) is 21.3. The standard InChI is InChI=1S/C24H21NO4S2/c1-16-12-13-25(19-9-4-5-10-20(19)31-16)22(26)15-29-24(28)18-8-3-2-7-17(18)23(27)21-11-6-14-30-21/h2-11,14,16H,12-13,15H2,1H3. The molecule has 0 saturated heterocycles. The molecule has 31 heavy (non-hydrogen) atoms. The molecule has 0 N–H and O–H groups in total. The molecule has 158 valence electrons. The van der Waals surface area contributed by atoms with Gasteiger partial charge in [-0.2, -0.15) is 0 Å². The highest BCUT2D eigenvalue weighted by molar-refractivity contribution is 8.00. The summed E-state index contributed by atoms with van der Waals surface area (Å²) in [5, 5.41) is 2.20. The summed E-state index contributed by atoms with van der Waals surface area (Å²) < 4.78 is 5.35. The number of para-hydroxylation sites is 1. The number of amides is 1. The minimum Gasteiger partial charge on any atom is -0.452 e. The monoisotopic (exact) mass is 451 g/mol. The van der Waals surface area contributed by atoms with Crippen LogP contribution in [0.25, 0.3) is 0 Å². The number of ether oxygens (including phenoxy) is 1. The second-order valence-electron chi connectivity index (χ2n) is 7.16. The molecule has 1 aromatic heterocycles. The molecule has 0 aliphatic carbocycles. The maximum Gasteiger partial charge on any atom is 0.339 e. The van der Waals surface area contributed by atoms with Crippen molar-refractivity contribution < 1.29 is 19.1 Å². The zero-order chi connectivity index (χ0) is 21.8. The largest absolute Gasteiger partial charge is 0.452 e. The first-order chi connectivity index (χ1) is 15.0. The van der Waals surface area contributed by atoms with E-state index in [0.29, 0.717) is 16.7 Å². The normalized spacial score (nSPS) is 15.6. The number of fused-ring (bicyclic) bond motifs is 1. The number of rotatable bonds is 5. The third-order valence-electron chi connectivity index (χ3n) is 5.01. The Kier molecular flexibility index (Phi) is 6.53. The van der Waals surface area contributed by atoms with E-state index in [9.17, 15) is 14.4 Å². The Morgan fingerprint density at radius 1 is 1.00 bits per heavy atom. The van der Waals surface area contributed by atoms with E-state index in [1.807, 2.05) is 29.6 Å². The van der Waals surface area contributed by atoms with Crippen LogP contribution in [0.3, 0.4) is 0 Å². The molecular formula is C24H21NO4S2. The van der Waals surface area contributed by atoms with Crippen LogP contribution in [0.15, 0.2) is 70.9 Å². The number of anilines is 1. The third kappa shape index (κ3) is 4.73. The quantitative estimate of drug-likeness (QED) is 0.401. The Balaban J connectivity index is 1.49. The van der Waals surface area contributed by atoms with E-state index in [1.165, 1.54) is 11.3 Å². The Morgan fingerprint density at radius 3 is 2.52 bits per heavy atom. The van der Waals surface area contributed by atoms with Gasteiger partial charge in [-0.1, -0.05) is 43.3 Å². The molecule has 2 aromatic carbocycles. The van der Waals surface area contributed by atoms with Gasteiger partial charge in [-0.05, 0) is 36.1 Å². The van der Waals surface area contributed by atoms with E-state index < -0.39 is 5.97 Å². The number of thiophene rings is 1. The molecular weight excluding hydrogens is 430 g/mol. The Labute approximate surface area is 189 Å². The second kappa shape index (κ2) is 9.49. The van der Waals surface area contributed by atoms with Gasteiger partial charge in [-0.15, -0.1) is 23.1 Å². The fourth-order valence-corrected chi connectivity index (χ4v) is 5.22. The molecule has 5 nitrogen and oxygen atoms in total. The van der Waals surface area contributed by atoms with Gasteiger partial charge in [0.15, 0.2) is 6.61 Å². The molecule has 4 rings (SSSR count). The highest BCUT2D eigenvalue weighted by Gasteiger charge is 2.26. The molecule has 2 heterocycles. The summed E-state index contributed by atoms with van der Waals surface area (Å²) in [6.07, 6.45) is 0.844. The molecule has 1 aliphatic rings. The Bertz CT molecular complexity index is 1110. The average Bonchev–Trinajstić information content (AvgIpc) is 3.27. The molecule has 0 saturated carbocycles. The van der Waals surface area contributed by atoms with Crippen molar-refractivity contribution in [3.8, 4) is 0 Å². The maximum absolute atomic E-state index is 12.9. The van der Waals surface area contributed by atoms with E-state index in [1.54, 1.807) is 53.1 Å². The number of hydrogen-bond donors (Lipinski definition) is 0. The lowest BCUT2D eigenvalue weighted by molar-refractivity contribution is -0.121. The fraction of sp³-hybridized carbons (Fsp3) is 0.208. The highest BCUT2D eigenvalue weighted by Crippen LogP contribution is 2.37. The first-order valence-corrected chi connectivity index (χ1v) is 11.7. The predicted octanol–water partition coefficient (Wildman–Crippen LogP) is 5.05. The van der Waals surface area contributed by atoms with Gasteiger partial charge >= 0.3 is 5.97 Å². The van der Waals surface area contributed by atoms with Crippen molar-refractivity contribution in [1.82, 2.24) is 0 Å². The van der Waals surface area contributed by atoms with E-state index in [0.717, 1.165) is 17.0 Å². The molecule has 1 unspecified atom stereocenters. The van der Waals surface area contributed by atoms with E-state index >= 15 is 0 Å². The highest BCUT2D eigenvalue weighted by atomic mass is 32.2. The van der Waals surface area contributed by atoms with Gasteiger partial charge in [0.05, 0.1) is 16.1 Å². The summed E-state index contributed by atoms with van der Waals surface area (Å²) in [5.41, 5.74) is 1.27. The molecule has 0 bridgehead atoms. The number of hydrogen-bond acceptors (Lipinski definition) is 6. The van der Waals surface area contributed by atoms with Gasteiger partial charge in [0.25, 0.3) is 5.91 Å². The van der Waals surface area contributed by atoms with Crippen LogP contribution < -0.4 is 4.90 Å². The van der Waals surface area contributed by atoms with E-state index in [2.05, 4.69) is 6.92 Å². The zero-order valence-corrected chi connectivity index (χ0v) is 18.6. The molecule has 3 aromatic rings. The molecule has 0 radical (unpaired) electrons. The molecule has 1 aliphatic heterocycles. The number of benzene rings is 2. The number of carbonyl (C=O) groups is 3. The number of thioether (sulfide) groups is 1. The van der Waals surface area contributed by atoms with Crippen LogP contribution in [-0.2, 0) is 9.53 Å². The summed E-state index contributed by atoms with van der Waals surface area (Å²) in [6, 6.07) is 17.8. The SMILES string of the molecule is CC1CCN(C(=O)COC(=O)c2ccccc2C(=O)c2cccs2)c2ccccc2S1. The lowest BCUT2D eigenvalue weighted by Crippen LogP contribution is -2.36. The fourth-order valence-electron chi connectivity index (χ4n) is 3.43. The summed E-state index contributed by atoms with van der Waals surface area (Å²) in [7, 11) is 0. The number of carbonyl (C=O) groups excluding carboxylic acids is 3. The summed E-state index contributed by atoms with van der Waals surface area (Å²) in [4.78, 5) is 41.7. The van der Waals surface area contributed by atoms with Crippen LogP contribution in [0.5, 0.6) is 0 Å². The number of esters is 1. The predicted molar refractivity (Wildman–Crippen MR) is 123 cm³/mol. The molecule has 7 heteroatoms. The minimum atomic E-state index is -0.681. The lowest BCUT2D eigenvalue weighted by atomic mass is 10.0. The summed E-state index contributed by atoms with van der Waals surface area (Å²) in [5.74, 6) is -1.20. The number of ketones is 1. The molecule has 1 amide bonds. The van der Waals surface area contributed by atoms with Gasteiger partial charge in [0.1, 0.15) is 0 Å². The Morgan fingerprint density at radius 2 is 1.74 bits per heavy atom. The van der Waals surface area contributed by atoms with Crippen LogP contribution >= 0.6 is 23.1 Å². The smallest absolute Gasteiger partial charge is 0.339 e. The lowest BCUT2D eigenvalue weighted by Gasteiger charge is -2.22. The average molecular weight is 452 g/mol. The minimum absolute atomic E-state index is 0.161. The van der Waals surface area contributed by atoms with E-state index in [4.69, 9.17) is 4.74 Å². The van der Waals surface area contributed by atoms with Gasteiger partial charge in [-0.3, -0.25) is 9.59 Å². The zero-order valence-electron chi connectivity index (χ0n) is 16.9. The number of nitrogens with zero attached hydrogens (tertiary/aromatic N) is 1.